The number of carbonyl (C=O) groups is 1. The third-order valence-corrected chi connectivity index (χ3v) is 4.63. The number of aryl methyl sites for hydroxylation is 1. The zero-order chi connectivity index (χ0) is 19.8. The number of rotatable bonds is 7. The van der Waals surface area contributed by atoms with Crippen molar-refractivity contribution in [2.45, 2.75) is 20.0 Å². The number of hydrazone groups is 1. The van der Waals surface area contributed by atoms with Gasteiger partial charge in [-0.25, -0.2) is 5.43 Å². The van der Waals surface area contributed by atoms with Crippen molar-refractivity contribution in [1.82, 2.24) is 5.43 Å². The molecule has 0 fully saturated rings. The number of para-hydroxylation sites is 1. The van der Waals surface area contributed by atoms with Gasteiger partial charge in [-0.2, -0.15) is 5.10 Å². The minimum absolute atomic E-state index is 0.170. The first-order chi connectivity index (χ1) is 13.6. The van der Waals surface area contributed by atoms with Crippen LogP contribution < -0.4 is 10.2 Å². The lowest BCUT2D eigenvalue weighted by atomic mass is 10.1. The molecule has 0 aromatic heterocycles. The molecule has 3 aromatic carbocycles. The highest BCUT2D eigenvalue weighted by Crippen LogP contribution is 2.18. The Kier molecular flexibility index (Phi) is 6.98. The van der Waals surface area contributed by atoms with Crippen molar-refractivity contribution >= 4 is 28.1 Å². The summed E-state index contributed by atoms with van der Waals surface area (Å²) in [6.45, 7) is 2.53. The zero-order valence-corrected chi connectivity index (χ0v) is 17.1. The molecule has 0 unspecified atom stereocenters. The number of benzene rings is 3. The number of amides is 1. The van der Waals surface area contributed by atoms with Gasteiger partial charge in [0.1, 0.15) is 12.4 Å². The standard InChI is InChI=1S/C23H21BrN2O2/c1-17-6-8-19(9-7-17)16-28-22-5-3-2-4-20(22)15-25-26-23(27)14-18-10-12-21(24)13-11-18/h2-13,15H,14,16H2,1H3,(H,26,27)/b25-15+. The predicted octanol–water partition coefficient (Wildman–Crippen LogP) is 5.03. The van der Waals surface area contributed by atoms with E-state index in [9.17, 15) is 4.79 Å². The maximum absolute atomic E-state index is 12.0. The molecule has 142 valence electrons. The van der Waals surface area contributed by atoms with Crippen LogP contribution in [0.25, 0.3) is 0 Å². The normalized spacial score (nSPS) is 10.8. The van der Waals surface area contributed by atoms with Crippen LogP contribution in [0.15, 0.2) is 82.4 Å². The Labute approximate surface area is 173 Å². The summed E-state index contributed by atoms with van der Waals surface area (Å²) in [7, 11) is 0. The fraction of sp³-hybridized carbons (Fsp3) is 0.130. The summed E-state index contributed by atoms with van der Waals surface area (Å²) in [5.41, 5.74) is 6.61. The summed E-state index contributed by atoms with van der Waals surface area (Å²) in [5, 5.41) is 4.07. The summed E-state index contributed by atoms with van der Waals surface area (Å²) in [4.78, 5) is 12.0. The molecule has 0 aliphatic carbocycles. The van der Waals surface area contributed by atoms with E-state index in [-0.39, 0.29) is 12.3 Å². The van der Waals surface area contributed by atoms with E-state index in [1.807, 2.05) is 60.7 Å². The molecule has 3 rings (SSSR count). The maximum atomic E-state index is 12.0. The molecule has 0 spiro atoms. The lowest BCUT2D eigenvalue weighted by Gasteiger charge is -2.09. The third kappa shape index (κ3) is 6.06. The summed E-state index contributed by atoms with van der Waals surface area (Å²) < 4.78 is 6.90. The van der Waals surface area contributed by atoms with Gasteiger partial charge in [0.15, 0.2) is 0 Å². The fourth-order valence-electron chi connectivity index (χ4n) is 2.57. The van der Waals surface area contributed by atoms with Crippen LogP contribution in [0.2, 0.25) is 0 Å². The molecule has 5 heteroatoms. The van der Waals surface area contributed by atoms with Crippen molar-refractivity contribution in [3.8, 4) is 5.75 Å². The second-order valence-electron chi connectivity index (χ2n) is 6.41. The van der Waals surface area contributed by atoms with E-state index >= 15 is 0 Å². The van der Waals surface area contributed by atoms with Crippen LogP contribution in [-0.2, 0) is 17.8 Å². The quantitative estimate of drug-likeness (QED) is 0.417. The number of ether oxygens (including phenoxy) is 1. The lowest BCUT2D eigenvalue weighted by Crippen LogP contribution is -2.19. The Balaban J connectivity index is 1.56. The van der Waals surface area contributed by atoms with Gasteiger partial charge in [0, 0.05) is 10.0 Å². The Morgan fingerprint density at radius 1 is 1.00 bits per heavy atom. The Hall–Kier alpha value is -2.92. The number of halogens is 1. The second-order valence-corrected chi connectivity index (χ2v) is 7.32. The minimum Gasteiger partial charge on any atom is -0.488 e. The van der Waals surface area contributed by atoms with Crippen LogP contribution in [-0.4, -0.2) is 12.1 Å². The van der Waals surface area contributed by atoms with Gasteiger partial charge in [-0.15, -0.1) is 0 Å². The number of hydrogen-bond acceptors (Lipinski definition) is 3. The number of nitrogens with one attached hydrogen (secondary N) is 1. The number of carbonyl (C=O) groups excluding carboxylic acids is 1. The van der Waals surface area contributed by atoms with Gasteiger partial charge >= 0.3 is 0 Å². The number of hydrogen-bond donors (Lipinski definition) is 1. The van der Waals surface area contributed by atoms with Crippen LogP contribution in [0.1, 0.15) is 22.3 Å². The first-order valence-corrected chi connectivity index (χ1v) is 9.73. The van der Waals surface area contributed by atoms with Gasteiger partial charge in [0.05, 0.1) is 12.6 Å². The van der Waals surface area contributed by atoms with Crippen molar-refractivity contribution in [3.05, 3.63) is 99.5 Å². The minimum atomic E-state index is -0.170. The molecule has 0 saturated carbocycles. The van der Waals surface area contributed by atoms with Crippen LogP contribution >= 0.6 is 15.9 Å². The van der Waals surface area contributed by atoms with E-state index < -0.39 is 0 Å². The van der Waals surface area contributed by atoms with Crippen LogP contribution in [0.3, 0.4) is 0 Å². The van der Waals surface area contributed by atoms with Crippen LogP contribution in [0.4, 0.5) is 0 Å². The van der Waals surface area contributed by atoms with Crippen molar-refractivity contribution < 1.29 is 9.53 Å². The molecule has 0 atom stereocenters. The summed E-state index contributed by atoms with van der Waals surface area (Å²) in [5.74, 6) is 0.547. The van der Waals surface area contributed by atoms with Gasteiger partial charge in [-0.3, -0.25) is 4.79 Å². The molecule has 4 nitrogen and oxygen atoms in total. The van der Waals surface area contributed by atoms with Gasteiger partial charge in [0.25, 0.3) is 0 Å². The smallest absolute Gasteiger partial charge is 0.244 e. The Morgan fingerprint density at radius 3 is 2.43 bits per heavy atom. The summed E-state index contributed by atoms with van der Waals surface area (Å²) >= 11 is 3.38. The highest BCUT2D eigenvalue weighted by atomic mass is 79.9. The Morgan fingerprint density at radius 2 is 1.68 bits per heavy atom. The van der Waals surface area contributed by atoms with E-state index in [0.717, 1.165) is 21.2 Å². The molecule has 0 bridgehead atoms. The van der Waals surface area contributed by atoms with E-state index in [2.05, 4.69) is 45.5 Å². The summed E-state index contributed by atoms with van der Waals surface area (Å²) in [6, 6.07) is 23.5. The lowest BCUT2D eigenvalue weighted by molar-refractivity contribution is -0.120. The van der Waals surface area contributed by atoms with Gasteiger partial charge in [0.2, 0.25) is 5.91 Å². The maximum Gasteiger partial charge on any atom is 0.244 e. The summed E-state index contributed by atoms with van der Waals surface area (Å²) in [6.07, 6.45) is 1.88. The van der Waals surface area contributed by atoms with Gasteiger partial charge in [-0.05, 0) is 42.3 Å². The molecule has 0 radical (unpaired) electrons. The molecular weight excluding hydrogens is 416 g/mol. The molecular formula is C23H21BrN2O2. The molecule has 3 aromatic rings. The topological polar surface area (TPSA) is 50.7 Å². The van der Waals surface area contributed by atoms with Gasteiger partial charge in [-0.1, -0.05) is 70.0 Å². The number of nitrogens with zero attached hydrogens (tertiary/aromatic N) is 1. The molecule has 0 heterocycles. The SMILES string of the molecule is Cc1ccc(COc2ccccc2/C=N/NC(=O)Cc2ccc(Br)cc2)cc1. The third-order valence-electron chi connectivity index (χ3n) is 4.10. The molecule has 1 amide bonds. The highest BCUT2D eigenvalue weighted by Gasteiger charge is 2.04. The van der Waals surface area contributed by atoms with Crippen molar-refractivity contribution in [2.24, 2.45) is 5.10 Å². The monoisotopic (exact) mass is 436 g/mol. The molecule has 0 aliphatic rings. The van der Waals surface area contributed by atoms with Crippen molar-refractivity contribution in [3.63, 3.8) is 0 Å². The molecule has 0 saturated heterocycles. The molecule has 0 aliphatic heterocycles. The van der Waals surface area contributed by atoms with Crippen LogP contribution in [0.5, 0.6) is 5.75 Å². The largest absolute Gasteiger partial charge is 0.488 e. The fourth-order valence-corrected chi connectivity index (χ4v) is 2.83. The predicted molar refractivity (Wildman–Crippen MR) is 116 cm³/mol. The van der Waals surface area contributed by atoms with Crippen LogP contribution in [0, 0.1) is 6.92 Å². The Bertz CT molecular complexity index is 951. The first-order valence-electron chi connectivity index (χ1n) is 8.94. The second kappa shape index (κ2) is 9.85. The molecule has 1 N–H and O–H groups in total. The first kappa shape index (κ1) is 19.8. The van der Waals surface area contributed by atoms with Gasteiger partial charge < -0.3 is 4.74 Å². The zero-order valence-electron chi connectivity index (χ0n) is 15.6. The molecule has 28 heavy (non-hydrogen) atoms. The highest BCUT2D eigenvalue weighted by molar-refractivity contribution is 9.10. The van der Waals surface area contributed by atoms with E-state index in [1.165, 1.54) is 5.56 Å². The van der Waals surface area contributed by atoms with E-state index in [1.54, 1.807) is 6.21 Å². The average Bonchev–Trinajstić information content (AvgIpc) is 2.70. The van der Waals surface area contributed by atoms with E-state index in [0.29, 0.717) is 12.4 Å². The van der Waals surface area contributed by atoms with E-state index in [4.69, 9.17) is 4.74 Å². The van der Waals surface area contributed by atoms with Crippen molar-refractivity contribution in [2.75, 3.05) is 0 Å². The van der Waals surface area contributed by atoms with Crippen molar-refractivity contribution in [1.29, 1.82) is 0 Å². The average molecular weight is 437 g/mol.